The second kappa shape index (κ2) is 3.81. The first-order valence-electron chi connectivity index (χ1n) is 6.43. The minimum atomic E-state index is -3.04. The molecule has 2 aliphatic rings. The summed E-state index contributed by atoms with van der Waals surface area (Å²) >= 11 is 0. The van der Waals surface area contributed by atoms with Gasteiger partial charge in [0.15, 0.2) is 9.84 Å². The van der Waals surface area contributed by atoms with Crippen LogP contribution in [0.2, 0.25) is 0 Å². The minimum Gasteiger partial charge on any atom is -0.299 e. The largest absolute Gasteiger partial charge is 0.299 e. The third kappa shape index (κ3) is 2.05. The molecular weight excluding hydrogens is 236 g/mol. The van der Waals surface area contributed by atoms with Crippen LogP contribution in [0.5, 0.6) is 0 Å². The van der Waals surface area contributed by atoms with Gasteiger partial charge in [-0.2, -0.15) is 0 Å². The van der Waals surface area contributed by atoms with E-state index in [-0.39, 0.29) is 34.0 Å². The lowest BCUT2D eigenvalue weighted by Crippen LogP contribution is -2.32. The Labute approximate surface area is 104 Å². The van der Waals surface area contributed by atoms with Crippen molar-refractivity contribution in [2.75, 3.05) is 5.75 Å². The van der Waals surface area contributed by atoms with E-state index in [9.17, 15) is 13.2 Å². The highest BCUT2D eigenvalue weighted by Gasteiger charge is 2.64. The summed E-state index contributed by atoms with van der Waals surface area (Å²) in [4.78, 5) is 11.9. The molecule has 0 aromatic heterocycles. The number of carbonyl (C=O) groups excluding carboxylic acids is 1. The molecule has 2 rings (SSSR count). The van der Waals surface area contributed by atoms with E-state index in [1.807, 2.05) is 6.92 Å². The number of sulfone groups is 1. The van der Waals surface area contributed by atoms with Gasteiger partial charge in [0.05, 0.1) is 11.0 Å². The molecule has 2 aliphatic carbocycles. The van der Waals surface area contributed by atoms with Crippen LogP contribution in [0.3, 0.4) is 0 Å². The zero-order chi connectivity index (χ0) is 13.0. The van der Waals surface area contributed by atoms with Crippen molar-refractivity contribution in [2.24, 2.45) is 23.2 Å². The topological polar surface area (TPSA) is 51.2 Å². The Bertz CT molecular complexity index is 438. The third-order valence-electron chi connectivity index (χ3n) is 4.75. The Hall–Kier alpha value is -0.380. The van der Waals surface area contributed by atoms with Gasteiger partial charge in [-0.25, -0.2) is 8.42 Å². The van der Waals surface area contributed by atoms with Crippen LogP contribution < -0.4 is 0 Å². The van der Waals surface area contributed by atoms with Crippen molar-refractivity contribution in [2.45, 2.75) is 45.8 Å². The van der Waals surface area contributed by atoms with E-state index in [1.54, 1.807) is 13.8 Å². The van der Waals surface area contributed by atoms with Gasteiger partial charge < -0.3 is 0 Å². The van der Waals surface area contributed by atoms with Crippen LogP contribution >= 0.6 is 0 Å². The van der Waals surface area contributed by atoms with Gasteiger partial charge in [0.25, 0.3) is 0 Å². The van der Waals surface area contributed by atoms with E-state index in [2.05, 4.69) is 6.92 Å². The lowest BCUT2D eigenvalue weighted by atomic mass is 9.82. The van der Waals surface area contributed by atoms with Crippen LogP contribution in [0.4, 0.5) is 0 Å². The maximum absolute atomic E-state index is 11.9. The van der Waals surface area contributed by atoms with E-state index < -0.39 is 9.84 Å². The fourth-order valence-corrected chi connectivity index (χ4v) is 4.83. The normalized spacial score (nSPS) is 38.3. The predicted molar refractivity (Wildman–Crippen MR) is 67.4 cm³/mol. The molecule has 98 valence electrons. The predicted octanol–water partition coefficient (Wildman–Crippen LogP) is 2.06. The van der Waals surface area contributed by atoms with Gasteiger partial charge in [0.2, 0.25) is 0 Å². The third-order valence-corrected chi connectivity index (χ3v) is 7.17. The highest BCUT2D eigenvalue weighted by Crippen LogP contribution is 2.66. The van der Waals surface area contributed by atoms with Gasteiger partial charge in [0, 0.05) is 12.3 Å². The van der Waals surface area contributed by atoms with E-state index in [4.69, 9.17) is 0 Å². The number of fused-ring (bicyclic) bond motifs is 1. The van der Waals surface area contributed by atoms with Crippen molar-refractivity contribution >= 4 is 15.6 Å². The van der Waals surface area contributed by atoms with Gasteiger partial charge in [0.1, 0.15) is 5.78 Å². The molecule has 0 spiro atoms. The molecule has 0 radical (unpaired) electrons. The van der Waals surface area contributed by atoms with Gasteiger partial charge in [-0.3, -0.25) is 4.79 Å². The second-order valence-electron chi connectivity index (χ2n) is 6.41. The first-order chi connectivity index (χ1) is 7.68. The van der Waals surface area contributed by atoms with Crippen LogP contribution in [0.25, 0.3) is 0 Å². The van der Waals surface area contributed by atoms with E-state index in [0.717, 1.165) is 6.42 Å². The number of carbonyl (C=O) groups is 1. The van der Waals surface area contributed by atoms with Gasteiger partial charge >= 0.3 is 0 Å². The standard InChI is InChI=1S/C13H22O3S/c1-8(2)17(15,16)7-9(3)12-11(14)5-10-6-13(10,12)4/h8-10,12H,5-7H2,1-4H3/t9-,10+,12-,13?/m0/s1. The summed E-state index contributed by atoms with van der Waals surface area (Å²) in [6, 6.07) is 0. The van der Waals surface area contributed by atoms with Crippen molar-refractivity contribution in [3.8, 4) is 0 Å². The molecule has 4 heteroatoms. The zero-order valence-electron chi connectivity index (χ0n) is 11.1. The molecule has 0 amide bonds. The molecule has 0 saturated heterocycles. The lowest BCUT2D eigenvalue weighted by molar-refractivity contribution is -0.123. The smallest absolute Gasteiger partial charge is 0.152 e. The number of hydrogen-bond donors (Lipinski definition) is 0. The minimum absolute atomic E-state index is 0.0268. The van der Waals surface area contributed by atoms with E-state index >= 15 is 0 Å². The molecule has 17 heavy (non-hydrogen) atoms. The Morgan fingerprint density at radius 3 is 2.35 bits per heavy atom. The lowest BCUT2D eigenvalue weighted by Gasteiger charge is -2.25. The van der Waals surface area contributed by atoms with Crippen molar-refractivity contribution in [3.63, 3.8) is 0 Å². The molecule has 0 heterocycles. The fraction of sp³-hybridized carbons (Fsp3) is 0.923. The molecule has 3 nitrogen and oxygen atoms in total. The molecule has 0 N–H and O–H groups in total. The van der Waals surface area contributed by atoms with Crippen LogP contribution in [0, 0.1) is 23.2 Å². The van der Waals surface area contributed by atoms with Crippen molar-refractivity contribution < 1.29 is 13.2 Å². The van der Waals surface area contributed by atoms with Crippen molar-refractivity contribution in [3.05, 3.63) is 0 Å². The van der Waals surface area contributed by atoms with E-state index in [1.165, 1.54) is 0 Å². The maximum Gasteiger partial charge on any atom is 0.152 e. The molecule has 0 aromatic carbocycles. The number of hydrogen-bond acceptors (Lipinski definition) is 3. The monoisotopic (exact) mass is 258 g/mol. The summed E-state index contributed by atoms with van der Waals surface area (Å²) in [5.41, 5.74) is 0.114. The number of ketones is 1. The average Bonchev–Trinajstić information content (AvgIpc) is 2.67. The van der Waals surface area contributed by atoms with Gasteiger partial charge in [-0.1, -0.05) is 13.8 Å². The van der Waals surface area contributed by atoms with E-state index in [0.29, 0.717) is 12.3 Å². The van der Waals surface area contributed by atoms with Crippen LogP contribution in [-0.4, -0.2) is 25.2 Å². The Morgan fingerprint density at radius 1 is 1.35 bits per heavy atom. The van der Waals surface area contributed by atoms with Crippen LogP contribution in [0.1, 0.15) is 40.5 Å². The highest BCUT2D eigenvalue weighted by molar-refractivity contribution is 7.91. The zero-order valence-corrected chi connectivity index (χ0v) is 11.9. The summed E-state index contributed by atoms with van der Waals surface area (Å²) < 4.78 is 23.8. The maximum atomic E-state index is 11.9. The molecule has 0 aromatic rings. The van der Waals surface area contributed by atoms with Crippen molar-refractivity contribution in [1.82, 2.24) is 0 Å². The average molecular weight is 258 g/mol. The first-order valence-corrected chi connectivity index (χ1v) is 8.14. The SMILES string of the molecule is CC(C)S(=O)(=O)C[C@H](C)[C@H]1C(=O)C[C@@H]2CC21C. The summed E-state index contributed by atoms with van der Waals surface area (Å²) in [6.45, 7) is 7.49. The summed E-state index contributed by atoms with van der Waals surface area (Å²) in [5.74, 6) is 0.913. The quantitative estimate of drug-likeness (QED) is 0.775. The van der Waals surface area contributed by atoms with Gasteiger partial charge in [-0.05, 0) is 37.5 Å². The Balaban J connectivity index is 2.11. The highest BCUT2D eigenvalue weighted by atomic mass is 32.2. The number of Topliss-reactive ketones (excluding diaryl/α,β-unsaturated/α-hetero) is 1. The van der Waals surface area contributed by atoms with Crippen molar-refractivity contribution in [1.29, 1.82) is 0 Å². The summed E-state index contributed by atoms with van der Waals surface area (Å²) in [6.07, 6.45) is 1.78. The molecule has 2 saturated carbocycles. The molecule has 4 atom stereocenters. The molecule has 1 unspecified atom stereocenters. The summed E-state index contributed by atoms with van der Waals surface area (Å²) in [5, 5.41) is -0.343. The Kier molecular flexibility index (Phi) is 2.92. The second-order valence-corrected chi connectivity index (χ2v) is 9.01. The molecule has 0 aliphatic heterocycles. The van der Waals surface area contributed by atoms with Gasteiger partial charge in [-0.15, -0.1) is 0 Å². The fourth-order valence-electron chi connectivity index (χ4n) is 3.52. The molecular formula is C13H22O3S. The summed E-state index contributed by atoms with van der Waals surface area (Å²) in [7, 11) is -3.04. The molecule has 0 bridgehead atoms. The van der Waals surface area contributed by atoms with Crippen LogP contribution in [0.15, 0.2) is 0 Å². The first kappa shape index (κ1) is 13.1. The number of rotatable bonds is 4. The Morgan fingerprint density at radius 2 is 1.94 bits per heavy atom. The van der Waals surface area contributed by atoms with Crippen LogP contribution in [-0.2, 0) is 14.6 Å². The molecule has 2 fully saturated rings.